The van der Waals surface area contributed by atoms with E-state index in [1.807, 2.05) is 0 Å². The molecule has 1 fully saturated rings. The number of quaternary nitrogens is 1. The van der Waals surface area contributed by atoms with Crippen molar-refractivity contribution >= 4 is 16.8 Å². The smallest absolute Gasteiger partial charge is 0.220 e. The Morgan fingerprint density at radius 2 is 2.04 bits per heavy atom. The number of aryl methyl sites for hydroxylation is 1. The average Bonchev–Trinajstić information content (AvgIpc) is 3.28. The number of para-hydroxylation sites is 1. The number of amides is 1. The number of benzene rings is 1. The second-order valence-electron chi connectivity index (χ2n) is 8.05. The van der Waals surface area contributed by atoms with Gasteiger partial charge in [0.2, 0.25) is 5.91 Å². The third kappa shape index (κ3) is 4.29. The lowest BCUT2D eigenvalue weighted by atomic mass is 9.85. The summed E-state index contributed by atoms with van der Waals surface area (Å²) in [6.45, 7) is 11.0. The summed E-state index contributed by atoms with van der Waals surface area (Å²) in [5, 5.41) is 4.43. The quantitative estimate of drug-likeness (QED) is 0.669. The van der Waals surface area contributed by atoms with Crippen LogP contribution in [0.1, 0.15) is 57.1 Å². The molecule has 3 N–H and O–H groups in total. The van der Waals surface area contributed by atoms with Gasteiger partial charge in [-0.3, -0.25) is 4.79 Å². The molecule has 0 radical (unpaired) electrons. The average molecular weight is 357 g/mol. The van der Waals surface area contributed by atoms with Gasteiger partial charge in [-0.25, -0.2) is 0 Å². The van der Waals surface area contributed by atoms with Gasteiger partial charge >= 0.3 is 0 Å². The monoisotopic (exact) mass is 356 g/mol. The first-order chi connectivity index (χ1) is 12.6. The molecule has 4 heteroatoms. The molecule has 1 saturated heterocycles. The minimum absolute atomic E-state index is 0.184. The molecule has 1 aromatic heterocycles. The number of aromatic nitrogens is 1. The van der Waals surface area contributed by atoms with Crippen LogP contribution in [0, 0.1) is 5.92 Å². The van der Waals surface area contributed by atoms with E-state index in [-0.39, 0.29) is 11.8 Å². The maximum Gasteiger partial charge on any atom is 0.220 e. The van der Waals surface area contributed by atoms with Crippen molar-refractivity contribution in [1.82, 2.24) is 10.3 Å². The van der Waals surface area contributed by atoms with E-state index < -0.39 is 0 Å². The fraction of sp³-hybridized carbons (Fsp3) is 0.591. The zero-order valence-electron chi connectivity index (χ0n) is 16.5. The highest BCUT2D eigenvalue weighted by atomic mass is 16.1. The van der Waals surface area contributed by atoms with Crippen LogP contribution in [0.5, 0.6) is 0 Å². The van der Waals surface area contributed by atoms with Crippen LogP contribution in [0.4, 0.5) is 0 Å². The highest BCUT2D eigenvalue weighted by molar-refractivity contribution is 5.87. The lowest BCUT2D eigenvalue weighted by Crippen LogP contribution is -3.10. The normalized spacial score (nSPS) is 16.5. The molecule has 142 valence electrons. The molecule has 0 bridgehead atoms. The summed E-state index contributed by atoms with van der Waals surface area (Å²) in [4.78, 5) is 17.7. The van der Waals surface area contributed by atoms with E-state index in [0.29, 0.717) is 12.3 Å². The Labute approximate surface area is 157 Å². The van der Waals surface area contributed by atoms with E-state index in [0.717, 1.165) is 19.5 Å². The molecule has 2 aromatic rings. The van der Waals surface area contributed by atoms with E-state index in [9.17, 15) is 4.79 Å². The molecule has 1 aromatic carbocycles. The summed E-state index contributed by atoms with van der Waals surface area (Å²) in [5.41, 5.74) is 3.86. The Hall–Kier alpha value is -1.81. The van der Waals surface area contributed by atoms with Crippen molar-refractivity contribution < 1.29 is 9.69 Å². The summed E-state index contributed by atoms with van der Waals surface area (Å²) in [5.74, 6) is 0.854. The molecule has 4 nitrogen and oxygen atoms in total. The first-order valence-electron chi connectivity index (χ1n) is 10.3. The van der Waals surface area contributed by atoms with Gasteiger partial charge in [0.05, 0.1) is 26.2 Å². The van der Waals surface area contributed by atoms with Crippen LogP contribution < -0.4 is 10.2 Å². The first kappa shape index (κ1) is 19.0. The largest absolute Gasteiger partial charge is 0.361 e. The number of H-pyrrole nitrogens is 1. The van der Waals surface area contributed by atoms with Crippen LogP contribution in [0.2, 0.25) is 0 Å². The fourth-order valence-corrected chi connectivity index (χ4v) is 4.32. The topological polar surface area (TPSA) is 49.3 Å². The van der Waals surface area contributed by atoms with Crippen LogP contribution in [-0.2, 0) is 11.2 Å². The van der Waals surface area contributed by atoms with Gasteiger partial charge in [0.25, 0.3) is 0 Å². The van der Waals surface area contributed by atoms with E-state index >= 15 is 0 Å². The second-order valence-corrected chi connectivity index (χ2v) is 8.05. The Bertz CT molecular complexity index is 728. The first-order valence-corrected chi connectivity index (χ1v) is 10.3. The summed E-state index contributed by atoms with van der Waals surface area (Å²) in [6, 6.07) is 6.50. The van der Waals surface area contributed by atoms with Crippen LogP contribution in [0.15, 0.2) is 24.4 Å². The van der Waals surface area contributed by atoms with E-state index in [4.69, 9.17) is 0 Å². The molecule has 0 spiro atoms. The van der Waals surface area contributed by atoms with E-state index in [2.05, 4.69) is 55.5 Å². The summed E-state index contributed by atoms with van der Waals surface area (Å²) >= 11 is 0. The van der Waals surface area contributed by atoms with Crippen molar-refractivity contribution in [3.8, 4) is 0 Å². The maximum atomic E-state index is 12.6. The highest BCUT2D eigenvalue weighted by Gasteiger charge is 2.23. The molecule has 0 unspecified atom stereocenters. The number of carbonyl (C=O) groups excluding carboxylic acids is 1. The Morgan fingerprint density at radius 1 is 1.27 bits per heavy atom. The third-order valence-corrected chi connectivity index (χ3v) is 5.94. The van der Waals surface area contributed by atoms with Gasteiger partial charge in [0.15, 0.2) is 0 Å². The molecule has 1 aliphatic rings. The van der Waals surface area contributed by atoms with Crippen LogP contribution >= 0.6 is 0 Å². The lowest BCUT2D eigenvalue weighted by Gasteiger charge is -2.21. The molecule has 1 aliphatic heterocycles. The molecule has 1 atom stereocenters. The summed E-state index contributed by atoms with van der Waals surface area (Å²) in [7, 11) is 0. The van der Waals surface area contributed by atoms with E-state index in [1.54, 1.807) is 4.90 Å². The molecule has 1 amide bonds. The maximum absolute atomic E-state index is 12.6. The standard InChI is InChI=1S/C22H33N3O/c1-4-17-8-7-9-18-20(15-24-22(17)18)19(16(2)3)14-21(26)23-10-13-25-11-5-6-12-25/h7-9,15-16,19,24H,4-6,10-14H2,1-3H3,(H,23,26)/p+1/t19-/m0/s1. The molecular weight excluding hydrogens is 322 g/mol. The fourth-order valence-electron chi connectivity index (χ4n) is 4.32. The van der Waals surface area contributed by atoms with Crippen molar-refractivity contribution in [1.29, 1.82) is 0 Å². The van der Waals surface area contributed by atoms with Crippen molar-refractivity contribution in [2.75, 3.05) is 26.2 Å². The molecule has 26 heavy (non-hydrogen) atoms. The predicted molar refractivity (Wildman–Crippen MR) is 108 cm³/mol. The highest BCUT2D eigenvalue weighted by Crippen LogP contribution is 2.34. The van der Waals surface area contributed by atoms with Crippen LogP contribution in [0.3, 0.4) is 0 Å². The minimum atomic E-state index is 0.184. The van der Waals surface area contributed by atoms with Crippen LogP contribution in [0.25, 0.3) is 10.9 Å². The second kappa shape index (κ2) is 8.72. The Balaban J connectivity index is 1.66. The lowest BCUT2D eigenvalue weighted by molar-refractivity contribution is -0.886. The zero-order chi connectivity index (χ0) is 18.5. The predicted octanol–water partition coefficient (Wildman–Crippen LogP) is 2.65. The van der Waals surface area contributed by atoms with Crippen molar-refractivity contribution in [3.05, 3.63) is 35.5 Å². The SMILES string of the molecule is CCc1cccc2c([C@@H](CC(=O)NCC[NH+]3CCCC3)C(C)C)c[nH]c12. The number of carbonyl (C=O) groups is 1. The molecule has 3 rings (SSSR count). The number of rotatable bonds is 8. The number of nitrogens with one attached hydrogen (secondary N) is 3. The van der Waals surface area contributed by atoms with Gasteiger partial charge < -0.3 is 15.2 Å². The summed E-state index contributed by atoms with van der Waals surface area (Å²) < 4.78 is 0. The van der Waals surface area contributed by atoms with Crippen LogP contribution in [-0.4, -0.2) is 37.1 Å². The van der Waals surface area contributed by atoms with Crippen molar-refractivity contribution in [3.63, 3.8) is 0 Å². The van der Waals surface area contributed by atoms with Gasteiger partial charge in [-0.15, -0.1) is 0 Å². The molecule has 0 saturated carbocycles. The molecular formula is C22H34N3O+. The summed E-state index contributed by atoms with van der Waals surface area (Å²) in [6.07, 6.45) is 6.37. The number of hydrogen-bond acceptors (Lipinski definition) is 1. The zero-order valence-corrected chi connectivity index (χ0v) is 16.5. The van der Waals surface area contributed by atoms with Gasteiger partial charge in [-0.1, -0.05) is 39.0 Å². The Morgan fingerprint density at radius 3 is 2.73 bits per heavy atom. The Kier molecular flexibility index (Phi) is 6.36. The molecule has 2 heterocycles. The van der Waals surface area contributed by atoms with E-state index in [1.165, 1.54) is 48.0 Å². The van der Waals surface area contributed by atoms with Gasteiger partial charge in [0, 0.05) is 36.4 Å². The number of aromatic amines is 1. The van der Waals surface area contributed by atoms with Gasteiger partial charge in [-0.05, 0) is 29.4 Å². The van der Waals surface area contributed by atoms with Crippen molar-refractivity contribution in [2.45, 2.75) is 52.4 Å². The number of fused-ring (bicyclic) bond motifs is 1. The third-order valence-electron chi connectivity index (χ3n) is 5.94. The number of hydrogen-bond donors (Lipinski definition) is 3. The minimum Gasteiger partial charge on any atom is -0.361 e. The number of likely N-dealkylation sites (tertiary alicyclic amines) is 1. The van der Waals surface area contributed by atoms with Gasteiger partial charge in [-0.2, -0.15) is 0 Å². The molecule has 0 aliphatic carbocycles. The van der Waals surface area contributed by atoms with Crippen molar-refractivity contribution in [2.24, 2.45) is 5.92 Å². The van der Waals surface area contributed by atoms with Gasteiger partial charge in [0.1, 0.15) is 0 Å².